The zero-order valence-electron chi connectivity index (χ0n) is 17.0. The van der Waals surface area contributed by atoms with E-state index in [4.69, 9.17) is 16.3 Å². The van der Waals surface area contributed by atoms with E-state index in [0.29, 0.717) is 20.2 Å². The third-order valence-corrected chi connectivity index (χ3v) is 6.47. The van der Waals surface area contributed by atoms with Crippen molar-refractivity contribution in [3.63, 3.8) is 0 Å². The number of nitrogens with one attached hydrogen (secondary N) is 1. The predicted molar refractivity (Wildman–Crippen MR) is 126 cm³/mol. The fourth-order valence-electron chi connectivity index (χ4n) is 2.58. The van der Waals surface area contributed by atoms with E-state index in [1.807, 2.05) is 43.3 Å². The molecule has 0 radical (unpaired) electrons. The Morgan fingerprint density at radius 1 is 1.19 bits per heavy atom. The maximum Gasteiger partial charge on any atom is 0.326 e. The average molecular weight is 477 g/mol. The lowest BCUT2D eigenvalue weighted by Gasteiger charge is -2.21. The van der Waals surface area contributed by atoms with Crippen molar-refractivity contribution in [3.05, 3.63) is 59.1 Å². The van der Waals surface area contributed by atoms with Crippen molar-refractivity contribution in [2.24, 2.45) is 0 Å². The number of esters is 1. The van der Waals surface area contributed by atoms with E-state index in [0.717, 1.165) is 11.3 Å². The maximum atomic E-state index is 12.8. The van der Waals surface area contributed by atoms with Crippen molar-refractivity contribution in [2.75, 3.05) is 29.1 Å². The largest absolute Gasteiger partial charge is 0.465 e. The van der Waals surface area contributed by atoms with Crippen LogP contribution in [0.1, 0.15) is 12.5 Å². The molecule has 7 nitrogen and oxygen atoms in total. The first kappa shape index (κ1) is 23.1. The molecule has 0 atom stereocenters. The van der Waals surface area contributed by atoms with Crippen LogP contribution < -0.4 is 10.2 Å². The van der Waals surface area contributed by atoms with Crippen LogP contribution >= 0.6 is 34.7 Å². The zero-order chi connectivity index (χ0) is 22.2. The normalized spacial score (nSPS) is 10.5. The summed E-state index contributed by atoms with van der Waals surface area (Å²) in [5, 5.41) is 12.7. The van der Waals surface area contributed by atoms with Gasteiger partial charge in [0.1, 0.15) is 6.54 Å². The van der Waals surface area contributed by atoms with Crippen LogP contribution in [0, 0.1) is 6.92 Å². The van der Waals surface area contributed by atoms with E-state index in [-0.39, 0.29) is 24.8 Å². The van der Waals surface area contributed by atoms with Gasteiger partial charge in [-0.3, -0.25) is 9.59 Å². The number of aryl methyl sites for hydroxylation is 1. The molecule has 0 spiro atoms. The van der Waals surface area contributed by atoms with Crippen molar-refractivity contribution in [1.82, 2.24) is 10.2 Å². The number of anilines is 3. The molecule has 31 heavy (non-hydrogen) atoms. The maximum absolute atomic E-state index is 12.8. The topological polar surface area (TPSA) is 84.4 Å². The number of thioether (sulfide) groups is 1. The highest BCUT2D eigenvalue weighted by Crippen LogP contribution is 2.29. The summed E-state index contributed by atoms with van der Waals surface area (Å²) in [6, 6.07) is 14.7. The Bertz CT molecular complexity index is 1050. The lowest BCUT2D eigenvalue weighted by atomic mass is 10.2. The minimum Gasteiger partial charge on any atom is -0.465 e. The molecule has 162 valence electrons. The number of aromatic nitrogens is 2. The molecule has 0 unspecified atom stereocenters. The van der Waals surface area contributed by atoms with Gasteiger partial charge in [-0.1, -0.05) is 59.0 Å². The van der Waals surface area contributed by atoms with E-state index < -0.39 is 5.97 Å². The summed E-state index contributed by atoms with van der Waals surface area (Å²) < 4.78 is 5.64. The predicted octanol–water partition coefficient (Wildman–Crippen LogP) is 4.93. The number of hydrogen-bond donors (Lipinski definition) is 1. The van der Waals surface area contributed by atoms with Crippen molar-refractivity contribution < 1.29 is 14.3 Å². The second-order valence-corrected chi connectivity index (χ2v) is 8.98. The van der Waals surface area contributed by atoms with Crippen LogP contribution in [0.5, 0.6) is 0 Å². The molecule has 0 aliphatic carbocycles. The molecule has 0 aliphatic heterocycles. The van der Waals surface area contributed by atoms with Gasteiger partial charge in [0.2, 0.25) is 11.0 Å². The Kier molecular flexibility index (Phi) is 8.27. The SMILES string of the molecule is CCOC(=O)CN(C(=O)CSc1nnc(Nc2ccc(C)c(Cl)c2)s1)c1ccccc1. The highest BCUT2D eigenvalue weighted by Gasteiger charge is 2.20. The zero-order valence-corrected chi connectivity index (χ0v) is 19.4. The van der Waals surface area contributed by atoms with Crippen LogP contribution in [0.2, 0.25) is 5.02 Å². The number of benzene rings is 2. The third-order valence-electron chi connectivity index (χ3n) is 4.11. The van der Waals surface area contributed by atoms with Crippen LogP contribution in [-0.4, -0.2) is 41.0 Å². The molecule has 3 aromatic rings. The molecule has 3 rings (SSSR count). The second kappa shape index (κ2) is 11.1. The molecule has 0 saturated carbocycles. The van der Waals surface area contributed by atoms with Crippen LogP contribution in [0.15, 0.2) is 52.9 Å². The fourth-order valence-corrected chi connectivity index (χ4v) is 4.41. The number of nitrogens with zero attached hydrogens (tertiary/aromatic N) is 3. The first-order valence-electron chi connectivity index (χ1n) is 9.46. The number of para-hydroxylation sites is 1. The van der Waals surface area contributed by atoms with Crippen LogP contribution in [-0.2, 0) is 14.3 Å². The lowest BCUT2D eigenvalue weighted by molar-refractivity contribution is -0.142. The van der Waals surface area contributed by atoms with Crippen molar-refractivity contribution in [1.29, 1.82) is 0 Å². The van der Waals surface area contributed by atoms with Crippen LogP contribution in [0.25, 0.3) is 0 Å². The summed E-state index contributed by atoms with van der Waals surface area (Å²) in [6.45, 7) is 3.78. The minimum atomic E-state index is -0.455. The lowest BCUT2D eigenvalue weighted by Crippen LogP contribution is -2.37. The van der Waals surface area contributed by atoms with Gasteiger partial charge in [-0.25, -0.2) is 0 Å². The van der Waals surface area contributed by atoms with Crippen LogP contribution in [0.4, 0.5) is 16.5 Å². The molecule has 10 heteroatoms. The Labute approximate surface area is 193 Å². The summed E-state index contributed by atoms with van der Waals surface area (Å²) in [7, 11) is 0. The van der Waals surface area contributed by atoms with Gasteiger partial charge in [-0.15, -0.1) is 10.2 Å². The van der Waals surface area contributed by atoms with Gasteiger partial charge in [0.05, 0.1) is 12.4 Å². The number of rotatable bonds is 9. The standard InChI is InChI=1S/C21H21ClN4O3S2/c1-3-29-19(28)12-26(16-7-5-4-6-8-16)18(27)13-30-21-25-24-20(31-21)23-15-10-9-14(2)17(22)11-15/h4-11H,3,12-13H2,1-2H3,(H,23,24). The Morgan fingerprint density at radius 2 is 1.97 bits per heavy atom. The Morgan fingerprint density at radius 3 is 2.68 bits per heavy atom. The number of hydrogen-bond acceptors (Lipinski definition) is 8. The molecule has 1 amide bonds. The number of ether oxygens (including phenoxy) is 1. The summed E-state index contributed by atoms with van der Waals surface area (Å²) in [4.78, 5) is 26.2. The Hall–Kier alpha value is -2.62. The second-order valence-electron chi connectivity index (χ2n) is 6.37. The van der Waals surface area contributed by atoms with Gasteiger partial charge in [-0.05, 0) is 43.7 Å². The van der Waals surface area contributed by atoms with Crippen molar-refractivity contribution in [3.8, 4) is 0 Å². The number of carbonyl (C=O) groups is 2. The quantitative estimate of drug-likeness (QED) is 0.346. The third kappa shape index (κ3) is 6.68. The molecule has 1 heterocycles. The van der Waals surface area contributed by atoms with Crippen molar-refractivity contribution in [2.45, 2.75) is 18.2 Å². The van der Waals surface area contributed by atoms with E-state index in [1.165, 1.54) is 28.0 Å². The summed E-state index contributed by atoms with van der Waals surface area (Å²) in [6.07, 6.45) is 0. The van der Waals surface area contributed by atoms with Gasteiger partial charge in [0, 0.05) is 16.4 Å². The molecular weight excluding hydrogens is 456 g/mol. The highest BCUT2D eigenvalue weighted by molar-refractivity contribution is 8.01. The first-order chi connectivity index (χ1) is 15.0. The molecule has 2 aromatic carbocycles. The summed E-state index contributed by atoms with van der Waals surface area (Å²) in [5.74, 6) is -0.567. The van der Waals surface area contributed by atoms with E-state index in [1.54, 1.807) is 19.1 Å². The molecule has 0 saturated heterocycles. The van der Waals surface area contributed by atoms with Gasteiger partial charge < -0.3 is 15.0 Å². The summed E-state index contributed by atoms with van der Waals surface area (Å²) >= 11 is 8.75. The Balaban J connectivity index is 1.62. The molecule has 0 fully saturated rings. The van der Waals surface area contributed by atoms with Crippen molar-refractivity contribution >= 4 is 63.1 Å². The van der Waals surface area contributed by atoms with Crippen LogP contribution in [0.3, 0.4) is 0 Å². The van der Waals surface area contributed by atoms with Gasteiger partial charge in [0.15, 0.2) is 4.34 Å². The average Bonchev–Trinajstić information content (AvgIpc) is 3.21. The molecule has 1 N–H and O–H groups in total. The number of halogens is 1. The smallest absolute Gasteiger partial charge is 0.326 e. The van der Waals surface area contributed by atoms with E-state index in [2.05, 4.69) is 15.5 Å². The molecule has 0 bridgehead atoms. The highest BCUT2D eigenvalue weighted by atomic mass is 35.5. The minimum absolute atomic E-state index is 0.110. The van der Waals surface area contributed by atoms with Gasteiger partial charge in [-0.2, -0.15) is 0 Å². The number of amides is 1. The molecule has 1 aromatic heterocycles. The van der Waals surface area contributed by atoms with E-state index in [9.17, 15) is 9.59 Å². The molecular formula is C21H21ClN4O3S2. The summed E-state index contributed by atoms with van der Waals surface area (Å²) in [5.41, 5.74) is 2.44. The van der Waals surface area contributed by atoms with Gasteiger partial charge in [0.25, 0.3) is 0 Å². The fraction of sp³-hybridized carbons (Fsp3) is 0.238. The molecule has 0 aliphatic rings. The first-order valence-corrected chi connectivity index (χ1v) is 11.6. The monoisotopic (exact) mass is 476 g/mol. The number of carbonyl (C=O) groups excluding carboxylic acids is 2. The van der Waals surface area contributed by atoms with E-state index >= 15 is 0 Å². The van der Waals surface area contributed by atoms with Gasteiger partial charge >= 0.3 is 5.97 Å².